The lowest BCUT2D eigenvalue weighted by atomic mass is 10.00. The number of hydrogen-bond donors (Lipinski definition) is 0. The molecule has 2 aliphatic rings. The molecular weight excluding hydrogens is 276 g/mol. The van der Waals surface area contributed by atoms with Gasteiger partial charge in [0.25, 0.3) is 0 Å². The summed E-state index contributed by atoms with van der Waals surface area (Å²) in [5.41, 5.74) is 3.90. The lowest BCUT2D eigenvalue weighted by Gasteiger charge is -2.32. The number of likely N-dealkylation sites (tertiary alicyclic amines) is 1. The van der Waals surface area contributed by atoms with Crippen LogP contribution in [0.1, 0.15) is 36.6 Å². The highest BCUT2D eigenvalue weighted by molar-refractivity contribution is 5.61. The van der Waals surface area contributed by atoms with Crippen LogP contribution in [0, 0.1) is 0 Å². The maximum atomic E-state index is 5.52. The van der Waals surface area contributed by atoms with Crippen LogP contribution >= 0.6 is 0 Å². The molecule has 1 unspecified atom stereocenters. The number of piperidine rings is 1. The molecule has 4 heteroatoms. The Morgan fingerprint density at radius 3 is 2.45 bits per heavy atom. The number of methoxy groups -OCH3 is 2. The van der Waals surface area contributed by atoms with E-state index < -0.39 is 0 Å². The average molecular weight is 298 g/mol. The average Bonchev–Trinajstić information content (AvgIpc) is 3.14. The van der Waals surface area contributed by atoms with E-state index in [0.717, 1.165) is 11.5 Å². The van der Waals surface area contributed by atoms with Crippen molar-refractivity contribution in [1.29, 1.82) is 0 Å². The maximum Gasteiger partial charge on any atom is 0.162 e. The van der Waals surface area contributed by atoms with E-state index in [0.29, 0.717) is 6.04 Å². The van der Waals surface area contributed by atoms with Crippen LogP contribution in [0.15, 0.2) is 30.5 Å². The van der Waals surface area contributed by atoms with E-state index in [1.807, 2.05) is 0 Å². The van der Waals surface area contributed by atoms with Gasteiger partial charge in [0.15, 0.2) is 11.5 Å². The molecule has 3 heterocycles. The predicted molar refractivity (Wildman–Crippen MR) is 86.1 cm³/mol. The molecule has 1 atom stereocenters. The normalized spacial score (nSPS) is 20.5. The molecular formula is C18H22N2O2. The third kappa shape index (κ3) is 1.94. The Morgan fingerprint density at radius 1 is 1.00 bits per heavy atom. The van der Waals surface area contributed by atoms with Crippen molar-refractivity contribution in [3.8, 4) is 17.2 Å². The van der Waals surface area contributed by atoms with Gasteiger partial charge >= 0.3 is 0 Å². The summed E-state index contributed by atoms with van der Waals surface area (Å²) < 4.78 is 13.3. The predicted octanol–water partition coefficient (Wildman–Crippen LogP) is 3.38. The third-order valence-corrected chi connectivity index (χ3v) is 4.90. The van der Waals surface area contributed by atoms with E-state index >= 15 is 0 Å². The molecule has 0 aliphatic carbocycles. The van der Waals surface area contributed by atoms with Gasteiger partial charge < -0.3 is 14.0 Å². The van der Waals surface area contributed by atoms with Gasteiger partial charge in [-0.2, -0.15) is 0 Å². The first-order valence-corrected chi connectivity index (χ1v) is 8.01. The molecule has 0 saturated carbocycles. The first-order chi connectivity index (χ1) is 10.8. The van der Waals surface area contributed by atoms with Gasteiger partial charge in [-0.25, -0.2) is 0 Å². The summed E-state index contributed by atoms with van der Waals surface area (Å²) in [6, 6.07) is 8.96. The molecule has 1 saturated heterocycles. The molecule has 4 rings (SSSR count). The minimum Gasteiger partial charge on any atom is -0.493 e. The van der Waals surface area contributed by atoms with Crippen LogP contribution in [0.25, 0.3) is 5.69 Å². The van der Waals surface area contributed by atoms with Gasteiger partial charge in [-0.3, -0.25) is 4.90 Å². The van der Waals surface area contributed by atoms with Crippen LogP contribution in [0.2, 0.25) is 0 Å². The fraction of sp³-hybridized carbons (Fsp3) is 0.444. The van der Waals surface area contributed by atoms with E-state index in [4.69, 9.17) is 9.47 Å². The molecule has 1 aromatic carbocycles. The summed E-state index contributed by atoms with van der Waals surface area (Å²) in [7, 11) is 3.40. The molecule has 0 radical (unpaired) electrons. The number of benzene rings is 1. The number of nitrogens with zero attached hydrogens (tertiary/aromatic N) is 2. The second-order valence-electron chi connectivity index (χ2n) is 6.07. The zero-order valence-electron chi connectivity index (χ0n) is 13.2. The lowest BCUT2D eigenvalue weighted by molar-refractivity contribution is 0.188. The minimum atomic E-state index is 0.338. The Balaban J connectivity index is 1.85. The van der Waals surface area contributed by atoms with E-state index in [1.54, 1.807) is 14.2 Å². The lowest BCUT2D eigenvalue weighted by Crippen LogP contribution is -2.33. The van der Waals surface area contributed by atoms with Crippen LogP contribution in [-0.2, 0) is 0 Å². The summed E-state index contributed by atoms with van der Waals surface area (Å²) in [6.07, 6.45) is 6.08. The van der Waals surface area contributed by atoms with Gasteiger partial charge in [0.2, 0.25) is 0 Å². The fourth-order valence-electron chi connectivity index (χ4n) is 3.87. The Bertz CT molecular complexity index is 686. The van der Waals surface area contributed by atoms with Gasteiger partial charge in [0, 0.05) is 23.5 Å². The molecule has 0 amide bonds. The first-order valence-electron chi connectivity index (χ1n) is 8.01. The summed E-state index contributed by atoms with van der Waals surface area (Å²) in [5.74, 6) is 1.61. The van der Waals surface area contributed by atoms with Crippen LogP contribution in [0.5, 0.6) is 11.5 Å². The van der Waals surface area contributed by atoms with E-state index in [1.165, 1.54) is 49.3 Å². The number of fused-ring (bicyclic) bond motifs is 3. The molecule has 22 heavy (non-hydrogen) atoms. The smallest absolute Gasteiger partial charge is 0.162 e. The molecule has 0 bridgehead atoms. The topological polar surface area (TPSA) is 26.6 Å². The fourth-order valence-corrected chi connectivity index (χ4v) is 3.87. The number of aromatic nitrogens is 1. The molecule has 1 fully saturated rings. The summed E-state index contributed by atoms with van der Waals surface area (Å²) >= 11 is 0. The molecule has 2 aromatic rings. The van der Waals surface area contributed by atoms with Crippen molar-refractivity contribution in [2.75, 3.05) is 27.3 Å². The molecule has 0 N–H and O–H groups in total. The van der Waals surface area contributed by atoms with Crippen molar-refractivity contribution in [1.82, 2.24) is 9.47 Å². The molecule has 1 aromatic heterocycles. The van der Waals surface area contributed by atoms with Crippen LogP contribution < -0.4 is 9.47 Å². The van der Waals surface area contributed by atoms with Gasteiger partial charge in [-0.15, -0.1) is 0 Å². The monoisotopic (exact) mass is 298 g/mol. The standard InChI is InChI=1S/C18H22N2O2/c1-21-16-11-13-15(12-17(16)22-2)20-10-6-7-14(20)18(13)19-8-4-3-5-9-19/h6-7,10-12,18H,3-5,8-9H2,1-2H3. The van der Waals surface area contributed by atoms with Crippen molar-refractivity contribution in [3.63, 3.8) is 0 Å². The SMILES string of the molecule is COc1cc2c(cc1OC)-n1cccc1C2N1CCCCC1. The first kappa shape index (κ1) is 13.7. The number of rotatable bonds is 3. The zero-order chi connectivity index (χ0) is 15.1. The molecule has 4 nitrogen and oxygen atoms in total. The van der Waals surface area contributed by atoms with Crippen molar-refractivity contribution in [2.24, 2.45) is 0 Å². The van der Waals surface area contributed by atoms with Crippen molar-refractivity contribution in [2.45, 2.75) is 25.3 Å². The van der Waals surface area contributed by atoms with Gasteiger partial charge in [0.1, 0.15) is 0 Å². The van der Waals surface area contributed by atoms with Crippen LogP contribution in [-0.4, -0.2) is 36.8 Å². The highest BCUT2D eigenvalue weighted by Crippen LogP contribution is 2.45. The highest BCUT2D eigenvalue weighted by atomic mass is 16.5. The molecule has 116 valence electrons. The second-order valence-corrected chi connectivity index (χ2v) is 6.07. The molecule has 0 spiro atoms. The second kappa shape index (κ2) is 5.36. The summed E-state index contributed by atoms with van der Waals surface area (Å²) in [4.78, 5) is 2.60. The van der Waals surface area contributed by atoms with E-state index in [-0.39, 0.29) is 0 Å². The Morgan fingerprint density at radius 2 is 1.73 bits per heavy atom. The molecule has 2 aliphatic heterocycles. The Hall–Kier alpha value is -1.94. The van der Waals surface area contributed by atoms with Gasteiger partial charge in [0.05, 0.1) is 25.9 Å². The minimum absolute atomic E-state index is 0.338. The number of hydrogen-bond acceptors (Lipinski definition) is 3. The van der Waals surface area contributed by atoms with Crippen molar-refractivity contribution < 1.29 is 9.47 Å². The quantitative estimate of drug-likeness (QED) is 0.869. The number of ether oxygens (including phenoxy) is 2. The zero-order valence-corrected chi connectivity index (χ0v) is 13.2. The summed E-state index contributed by atoms with van der Waals surface area (Å²) in [5, 5.41) is 0. The van der Waals surface area contributed by atoms with Crippen molar-refractivity contribution >= 4 is 0 Å². The third-order valence-electron chi connectivity index (χ3n) is 4.90. The highest BCUT2D eigenvalue weighted by Gasteiger charge is 2.34. The maximum absolute atomic E-state index is 5.52. The van der Waals surface area contributed by atoms with E-state index in [2.05, 4.69) is 39.9 Å². The van der Waals surface area contributed by atoms with Crippen molar-refractivity contribution in [3.05, 3.63) is 41.7 Å². The van der Waals surface area contributed by atoms with Crippen LogP contribution in [0.3, 0.4) is 0 Å². The van der Waals surface area contributed by atoms with Gasteiger partial charge in [-0.1, -0.05) is 6.42 Å². The van der Waals surface area contributed by atoms with E-state index in [9.17, 15) is 0 Å². The Kier molecular flexibility index (Phi) is 3.34. The summed E-state index contributed by atoms with van der Waals surface area (Å²) in [6.45, 7) is 2.34. The van der Waals surface area contributed by atoms with Crippen LogP contribution in [0.4, 0.5) is 0 Å². The van der Waals surface area contributed by atoms with Gasteiger partial charge in [-0.05, 0) is 44.1 Å². The Labute approximate surface area is 131 Å². The largest absolute Gasteiger partial charge is 0.493 e.